The first-order chi connectivity index (χ1) is 27.8. The minimum atomic E-state index is -0.122. The molecule has 0 fully saturated rings. The van der Waals surface area contributed by atoms with E-state index in [9.17, 15) is 0 Å². The number of benzene rings is 5. The molecule has 12 rings (SSSR count). The number of hydrogen-bond acceptors (Lipinski definition) is 3. The largest absolute Gasteiger partial charge is 0.310 e. The zero-order valence-corrected chi connectivity index (χ0v) is 34.6. The summed E-state index contributed by atoms with van der Waals surface area (Å²) < 4.78 is 0. The minimum Gasteiger partial charge on any atom is -0.310 e. The van der Waals surface area contributed by atoms with E-state index in [4.69, 9.17) is 0 Å². The Bertz CT molecular complexity index is 2770. The zero-order valence-electron chi connectivity index (χ0n) is 32.9. The Kier molecular flexibility index (Phi) is 7.35. The predicted octanol–water partition coefficient (Wildman–Crippen LogP) is 14.7. The van der Waals surface area contributed by atoms with Gasteiger partial charge in [-0.3, -0.25) is 0 Å². The first-order valence-electron chi connectivity index (χ1n) is 20.7. The standard InChI is InChI=1S/C54H45NS2/c1-53(2)45-17-8-5-12-37(45)38-26-24-34(28-46(38)53)55(33-22-20-32(21-23-33)36-15-11-16-42-40-13-6-10-19-50(40)57-52(36)42)35-25-27-39-43-31-51-44(41-14-7-9-18-49(41)56-51)30-48(43)54(3,4)47(39)29-35/h5-10,12-15,17-31,40-41,49-50H,11,16H2,1-4H3. The van der Waals surface area contributed by atoms with Gasteiger partial charge >= 0.3 is 0 Å². The van der Waals surface area contributed by atoms with Crippen LogP contribution in [-0.4, -0.2) is 10.5 Å². The van der Waals surface area contributed by atoms with Crippen LogP contribution in [-0.2, 0) is 10.8 Å². The van der Waals surface area contributed by atoms with Crippen molar-refractivity contribution in [2.24, 2.45) is 5.92 Å². The van der Waals surface area contributed by atoms with E-state index in [0.29, 0.717) is 22.3 Å². The smallest absolute Gasteiger partial charge is 0.0465 e. The van der Waals surface area contributed by atoms with Gasteiger partial charge in [-0.15, -0.1) is 23.5 Å². The minimum absolute atomic E-state index is 0.0842. The lowest BCUT2D eigenvalue weighted by Crippen LogP contribution is -2.18. The maximum Gasteiger partial charge on any atom is 0.0465 e. The van der Waals surface area contributed by atoms with Gasteiger partial charge < -0.3 is 4.90 Å². The van der Waals surface area contributed by atoms with Gasteiger partial charge in [0, 0.05) is 60.0 Å². The Balaban J connectivity index is 0.970. The molecule has 0 saturated carbocycles. The van der Waals surface area contributed by atoms with Gasteiger partial charge in [0.1, 0.15) is 0 Å². The number of rotatable bonds is 4. The number of allylic oxidation sites excluding steroid dienone is 9. The van der Waals surface area contributed by atoms with Crippen molar-refractivity contribution < 1.29 is 0 Å². The van der Waals surface area contributed by atoms with Crippen LogP contribution in [0.25, 0.3) is 27.8 Å². The molecule has 2 heterocycles. The fourth-order valence-corrected chi connectivity index (χ4v) is 14.0. The van der Waals surface area contributed by atoms with Crippen LogP contribution in [0.5, 0.6) is 0 Å². The second kappa shape index (κ2) is 12.3. The van der Waals surface area contributed by atoms with Crippen molar-refractivity contribution >= 4 is 46.2 Å². The van der Waals surface area contributed by atoms with Crippen molar-refractivity contribution in [2.75, 3.05) is 4.90 Å². The van der Waals surface area contributed by atoms with Crippen molar-refractivity contribution in [3.8, 4) is 22.3 Å². The van der Waals surface area contributed by atoms with Crippen molar-refractivity contribution in [1.82, 2.24) is 0 Å². The molecule has 5 aromatic carbocycles. The van der Waals surface area contributed by atoms with E-state index < -0.39 is 0 Å². The maximum absolute atomic E-state index is 2.55. The van der Waals surface area contributed by atoms with Gasteiger partial charge in [0.05, 0.1) is 0 Å². The van der Waals surface area contributed by atoms with Gasteiger partial charge in [-0.2, -0.15) is 0 Å². The van der Waals surface area contributed by atoms with Crippen molar-refractivity contribution in [1.29, 1.82) is 0 Å². The molecule has 0 amide bonds. The highest BCUT2D eigenvalue weighted by Gasteiger charge is 2.41. The van der Waals surface area contributed by atoms with Crippen LogP contribution in [0, 0.1) is 5.92 Å². The molecule has 4 unspecified atom stereocenters. The summed E-state index contributed by atoms with van der Waals surface area (Å²) in [5.74, 6) is 0.998. The lowest BCUT2D eigenvalue weighted by Gasteiger charge is -2.30. The van der Waals surface area contributed by atoms with Crippen LogP contribution in [0.4, 0.5) is 17.1 Å². The summed E-state index contributed by atoms with van der Waals surface area (Å²) in [4.78, 5) is 5.46. The van der Waals surface area contributed by atoms with E-state index in [0.717, 1.165) is 6.42 Å². The summed E-state index contributed by atoms with van der Waals surface area (Å²) >= 11 is 4.09. The van der Waals surface area contributed by atoms with E-state index >= 15 is 0 Å². The van der Waals surface area contributed by atoms with E-state index in [1.807, 2.05) is 11.8 Å². The first kappa shape index (κ1) is 34.1. The molecule has 57 heavy (non-hydrogen) atoms. The van der Waals surface area contributed by atoms with Crippen molar-refractivity contribution in [3.63, 3.8) is 0 Å². The molecule has 0 bridgehead atoms. The fraction of sp³-hybridized carbons (Fsp3) is 0.222. The van der Waals surface area contributed by atoms with Gasteiger partial charge in [-0.1, -0.05) is 137 Å². The Morgan fingerprint density at radius 2 is 1.14 bits per heavy atom. The molecule has 0 spiro atoms. The molecule has 2 aliphatic heterocycles. The van der Waals surface area contributed by atoms with Crippen LogP contribution in [0.1, 0.15) is 79.8 Å². The molecule has 0 aromatic heterocycles. The monoisotopic (exact) mass is 771 g/mol. The second-order valence-corrected chi connectivity index (χ2v) is 20.2. The van der Waals surface area contributed by atoms with E-state index in [-0.39, 0.29) is 10.8 Å². The summed E-state index contributed by atoms with van der Waals surface area (Å²) in [7, 11) is 0. The summed E-state index contributed by atoms with van der Waals surface area (Å²) in [6.07, 6.45) is 23.3. The van der Waals surface area contributed by atoms with Crippen LogP contribution < -0.4 is 4.90 Å². The summed E-state index contributed by atoms with van der Waals surface area (Å²) in [5.41, 5.74) is 20.4. The quantitative estimate of drug-likeness (QED) is 0.179. The van der Waals surface area contributed by atoms with Crippen molar-refractivity contribution in [3.05, 3.63) is 196 Å². The summed E-state index contributed by atoms with van der Waals surface area (Å²) in [6, 6.07) is 38.0. The number of fused-ring (bicyclic) bond motifs is 11. The molecular formula is C54H45NS2. The molecule has 0 N–H and O–H groups in total. The number of anilines is 3. The highest BCUT2D eigenvalue weighted by atomic mass is 32.2. The molecule has 0 radical (unpaired) electrons. The Hall–Kier alpha value is -4.96. The van der Waals surface area contributed by atoms with E-state index in [1.165, 1.54) is 94.5 Å². The number of nitrogens with zero attached hydrogens (tertiary/aromatic N) is 1. The van der Waals surface area contributed by atoms with Crippen LogP contribution in [0.3, 0.4) is 0 Å². The Morgan fingerprint density at radius 1 is 0.544 bits per heavy atom. The van der Waals surface area contributed by atoms with E-state index in [2.05, 4.69) is 196 Å². The van der Waals surface area contributed by atoms with Crippen molar-refractivity contribution in [2.45, 2.75) is 72.7 Å². The fourth-order valence-electron chi connectivity index (χ4n) is 11.1. The molecule has 4 atom stereocenters. The third-order valence-electron chi connectivity index (χ3n) is 14.1. The number of hydrogen-bond donors (Lipinski definition) is 0. The van der Waals surface area contributed by atoms with Gasteiger partial charge in [-0.25, -0.2) is 0 Å². The van der Waals surface area contributed by atoms with Crippen LogP contribution >= 0.6 is 23.5 Å². The lowest BCUT2D eigenvalue weighted by atomic mass is 9.80. The Labute approximate surface area is 345 Å². The summed E-state index contributed by atoms with van der Waals surface area (Å²) in [6.45, 7) is 9.64. The van der Waals surface area contributed by atoms with Crippen LogP contribution in [0.2, 0.25) is 0 Å². The van der Waals surface area contributed by atoms with Gasteiger partial charge in [0.2, 0.25) is 0 Å². The predicted molar refractivity (Wildman–Crippen MR) is 244 cm³/mol. The third-order valence-corrected chi connectivity index (χ3v) is 16.8. The van der Waals surface area contributed by atoms with Gasteiger partial charge in [0.15, 0.2) is 0 Å². The lowest BCUT2D eigenvalue weighted by molar-refractivity contribution is 0.657. The molecule has 5 aliphatic carbocycles. The maximum atomic E-state index is 2.55. The molecule has 0 saturated heterocycles. The molecule has 278 valence electrons. The number of thioether (sulfide) groups is 2. The van der Waals surface area contributed by atoms with Gasteiger partial charge in [0.25, 0.3) is 0 Å². The van der Waals surface area contributed by atoms with E-state index in [1.54, 1.807) is 5.57 Å². The highest BCUT2D eigenvalue weighted by molar-refractivity contribution is 8.04. The summed E-state index contributed by atoms with van der Waals surface area (Å²) in [5, 5.41) is 1.03. The normalized spacial score (nSPS) is 24.2. The topological polar surface area (TPSA) is 3.24 Å². The van der Waals surface area contributed by atoms with Gasteiger partial charge in [-0.05, 0) is 122 Å². The molecule has 7 aliphatic rings. The van der Waals surface area contributed by atoms with Crippen LogP contribution in [0.15, 0.2) is 167 Å². The zero-order chi connectivity index (χ0) is 38.2. The average Bonchev–Trinajstić information content (AvgIpc) is 3.93. The average molecular weight is 772 g/mol. The first-order valence-corrected chi connectivity index (χ1v) is 22.5. The molecule has 5 aromatic rings. The highest BCUT2D eigenvalue weighted by Crippen LogP contribution is 2.58. The SMILES string of the molecule is CC1(C)c2ccccc2-c2ccc(N(c3ccc(C4=CCCC5=C4SC4C=CC=CC54)cc3)c3ccc4c(c3)C(C)(C)c3cc5c(cc3-4)SC3C=CC=CC53)cc21. The molecular weight excluding hydrogens is 727 g/mol. The molecule has 1 nitrogen and oxygen atoms in total. The second-order valence-electron chi connectivity index (χ2n) is 17.8. The molecule has 3 heteroatoms. The third kappa shape index (κ3) is 4.91. The Morgan fingerprint density at radius 3 is 1.89 bits per heavy atom.